The van der Waals surface area contributed by atoms with Crippen molar-refractivity contribution in [2.24, 2.45) is 5.92 Å². The molecule has 6 nitrogen and oxygen atoms in total. The first-order chi connectivity index (χ1) is 19.8. The van der Waals surface area contributed by atoms with Gasteiger partial charge in [0, 0.05) is 11.5 Å². The van der Waals surface area contributed by atoms with Crippen LogP contribution in [0.2, 0.25) is 0 Å². The Bertz CT molecular complexity index is 1400. The molecule has 1 saturated heterocycles. The molecule has 2 aliphatic rings. The highest BCUT2D eigenvalue weighted by molar-refractivity contribution is 8.24. The van der Waals surface area contributed by atoms with Crippen molar-refractivity contribution < 1.29 is 28.1 Å². The van der Waals surface area contributed by atoms with Gasteiger partial charge in [-0.25, -0.2) is 0 Å². The smallest absolute Gasteiger partial charge is 0.307 e. The molecule has 0 bridgehead atoms. The number of terminal acetylenes is 1. The lowest BCUT2D eigenvalue weighted by molar-refractivity contribution is -0.140. The molecule has 2 N–H and O–H groups in total. The zero-order valence-corrected chi connectivity index (χ0v) is 24.3. The summed E-state index contributed by atoms with van der Waals surface area (Å²) in [7, 11) is -1.00. The third kappa shape index (κ3) is 7.45. The average molecular weight is 575 g/mol. The molecule has 3 aromatic carbocycles. The molecule has 41 heavy (non-hydrogen) atoms. The van der Waals surface area contributed by atoms with Gasteiger partial charge >= 0.3 is 5.97 Å². The number of carbonyl (C=O) groups is 1. The van der Waals surface area contributed by atoms with Gasteiger partial charge < -0.3 is 14.2 Å². The predicted molar refractivity (Wildman–Crippen MR) is 164 cm³/mol. The summed E-state index contributed by atoms with van der Waals surface area (Å²) in [6.45, 7) is 1.05. The summed E-state index contributed by atoms with van der Waals surface area (Å²) in [4.78, 5) is 11.6. The molecule has 0 aromatic heterocycles. The number of rotatable bonds is 9. The fourth-order valence-electron chi connectivity index (χ4n) is 5.60. The van der Waals surface area contributed by atoms with Crippen molar-refractivity contribution in [2.45, 2.75) is 51.0 Å². The Labute approximate surface area is 244 Å². The summed E-state index contributed by atoms with van der Waals surface area (Å²) in [5.41, 5.74) is 7.11. The van der Waals surface area contributed by atoms with Gasteiger partial charge in [-0.3, -0.25) is 13.9 Å². The Morgan fingerprint density at radius 2 is 1.68 bits per heavy atom. The summed E-state index contributed by atoms with van der Waals surface area (Å²) in [6, 6.07) is 20.6. The van der Waals surface area contributed by atoms with E-state index in [0.29, 0.717) is 30.6 Å². The van der Waals surface area contributed by atoms with Gasteiger partial charge in [0.2, 0.25) is 0 Å². The zero-order valence-electron chi connectivity index (χ0n) is 23.5. The first-order valence-corrected chi connectivity index (χ1v) is 16.1. The van der Waals surface area contributed by atoms with Crippen molar-refractivity contribution in [3.63, 3.8) is 0 Å². The maximum absolute atomic E-state index is 11.6. The van der Waals surface area contributed by atoms with E-state index in [9.17, 15) is 13.9 Å². The van der Waals surface area contributed by atoms with E-state index < -0.39 is 10.6 Å². The normalized spacial score (nSPS) is 17.6. The Hall–Kier alpha value is -3.44. The fourth-order valence-corrected chi connectivity index (χ4v) is 7.23. The number of benzene rings is 3. The Balaban J connectivity index is 1.23. The largest absolute Gasteiger partial charge is 0.493 e. The van der Waals surface area contributed by atoms with Crippen LogP contribution in [0.1, 0.15) is 53.9 Å². The van der Waals surface area contributed by atoms with Crippen LogP contribution in [0.3, 0.4) is 0 Å². The van der Waals surface area contributed by atoms with Gasteiger partial charge in [-0.1, -0.05) is 36.3 Å². The SMILES string of the molecule is C#CC(CC(=O)OC)c1ccc(OCc2ccc3c(c2)-c2ccc(OCC4CCS(O)(O)CC4)cc2CCC3)cc1. The van der Waals surface area contributed by atoms with Crippen LogP contribution in [-0.4, -0.2) is 40.3 Å². The number of methoxy groups -OCH3 is 1. The second-order valence-electron chi connectivity index (χ2n) is 11.0. The number of aryl methyl sites for hydroxylation is 2. The Morgan fingerprint density at radius 1 is 0.951 bits per heavy atom. The van der Waals surface area contributed by atoms with Crippen LogP contribution < -0.4 is 9.47 Å². The maximum atomic E-state index is 11.6. The molecule has 216 valence electrons. The van der Waals surface area contributed by atoms with Crippen LogP contribution >= 0.6 is 10.6 Å². The van der Waals surface area contributed by atoms with Gasteiger partial charge in [-0.15, -0.1) is 6.42 Å². The topological polar surface area (TPSA) is 85.2 Å². The number of hydrogen-bond donors (Lipinski definition) is 2. The molecule has 1 atom stereocenters. The van der Waals surface area contributed by atoms with Crippen LogP contribution in [0.15, 0.2) is 60.7 Å². The van der Waals surface area contributed by atoms with E-state index >= 15 is 0 Å². The van der Waals surface area contributed by atoms with E-state index in [0.717, 1.165) is 54.7 Å². The minimum Gasteiger partial charge on any atom is -0.493 e. The van der Waals surface area contributed by atoms with Crippen molar-refractivity contribution in [1.29, 1.82) is 0 Å². The number of ether oxygens (including phenoxy) is 3. The molecule has 3 aromatic rings. The maximum Gasteiger partial charge on any atom is 0.307 e. The molecule has 0 radical (unpaired) electrons. The minimum atomic E-state index is -2.36. The molecule has 1 aliphatic carbocycles. The van der Waals surface area contributed by atoms with E-state index in [1.54, 1.807) is 0 Å². The molecule has 7 heteroatoms. The van der Waals surface area contributed by atoms with Gasteiger partial charge in [0.05, 0.1) is 26.1 Å². The minimum absolute atomic E-state index is 0.147. The Morgan fingerprint density at radius 3 is 2.41 bits per heavy atom. The average Bonchev–Trinajstić information content (AvgIpc) is 3.17. The summed E-state index contributed by atoms with van der Waals surface area (Å²) in [5, 5.41) is 0. The molecule has 1 aliphatic heterocycles. The number of carbonyl (C=O) groups excluding carboxylic acids is 1. The van der Waals surface area contributed by atoms with E-state index in [-0.39, 0.29) is 18.3 Å². The highest BCUT2D eigenvalue weighted by Gasteiger charge is 2.25. The quantitative estimate of drug-likeness (QED) is 0.207. The Kier molecular flexibility index (Phi) is 9.24. The van der Waals surface area contributed by atoms with E-state index in [1.807, 2.05) is 24.3 Å². The van der Waals surface area contributed by atoms with Crippen molar-refractivity contribution in [2.75, 3.05) is 25.2 Å². The molecule has 0 amide bonds. The van der Waals surface area contributed by atoms with Crippen LogP contribution in [-0.2, 0) is 29.0 Å². The first-order valence-electron chi connectivity index (χ1n) is 14.2. The highest BCUT2D eigenvalue weighted by atomic mass is 32.3. The van der Waals surface area contributed by atoms with Crippen molar-refractivity contribution in [1.82, 2.24) is 0 Å². The van der Waals surface area contributed by atoms with Crippen LogP contribution in [0.4, 0.5) is 0 Å². The van der Waals surface area contributed by atoms with Crippen molar-refractivity contribution in [3.05, 3.63) is 82.9 Å². The molecule has 0 saturated carbocycles. The lowest BCUT2D eigenvalue weighted by atomic mass is 9.95. The summed E-state index contributed by atoms with van der Waals surface area (Å²) in [6.07, 6.45) is 10.5. The third-order valence-electron chi connectivity index (χ3n) is 8.11. The van der Waals surface area contributed by atoms with Gasteiger partial charge in [0.25, 0.3) is 0 Å². The number of fused-ring (bicyclic) bond motifs is 3. The monoisotopic (exact) mass is 574 g/mol. The molecule has 0 spiro atoms. The number of esters is 1. The van der Waals surface area contributed by atoms with Crippen molar-refractivity contribution in [3.8, 4) is 35.0 Å². The second-order valence-corrected chi connectivity index (χ2v) is 13.4. The highest BCUT2D eigenvalue weighted by Crippen LogP contribution is 2.45. The standard InChI is InChI=1S/C34H38O6S/c1-3-26(21-34(35)38-2)27-9-11-30(12-10-27)39-23-25-7-8-28-5-4-6-29-20-31(13-14-32(29)33(28)19-25)40-22-24-15-17-41(36,37)18-16-24/h1,7-14,19-20,24,26,36-37H,4-6,15-18,21-23H2,2H3. The zero-order chi connectivity index (χ0) is 28.8. The summed E-state index contributed by atoms with van der Waals surface area (Å²) in [5.74, 6) is 4.97. The van der Waals surface area contributed by atoms with Crippen molar-refractivity contribution >= 4 is 16.6 Å². The van der Waals surface area contributed by atoms with Crippen LogP contribution in [0.5, 0.6) is 11.5 Å². The summed E-state index contributed by atoms with van der Waals surface area (Å²) < 4.78 is 36.8. The third-order valence-corrected chi connectivity index (χ3v) is 9.89. The van der Waals surface area contributed by atoms with Crippen LogP contribution in [0.25, 0.3) is 11.1 Å². The number of hydrogen-bond acceptors (Lipinski definition) is 6. The molecular formula is C34H38O6S. The van der Waals surface area contributed by atoms with E-state index in [2.05, 4.69) is 42.3 Å². The fraction of sp³-hybridized carbons (Fsp3) is 0.382. The van der Waals surface area contributed by atoms with Gasteiger partial charge in [-0.05, 0) is 102 Å². The predicted octanol–water partition coefficient (Wildman–Crippen LogP) is 7.24. The first kappa shape index (κ1) is 29.1. The molecular weight excluding hydrogens is 536 g/mol. The molecule has 1 heterocycles. The van der Waals surface area contributed by atoms with Crippen LogP contribution in [0, 0.1) is 18.3 Å². The molecule has 5 rings (SSSR count). The second kappa shape index (κ2) is 13.0. The molecule has 1 fully saturated rings. The van der Waals surface area contributed by atoms with Gasteiger partial charge in [-0.2, -0.15) is 10.6 Å². The lowest BCUT2D eigenvalue weighted by Gasteiger charge is -2.39. The van der Waals surface area contributed by atoms with E-state index in [1.165, 1.54) is 29.4 Å². The lowest BCUT2D eigenvalue weighted by Crippen LogP contribution is -2.24. The molecule has 1 unspecified atom stereocenters. The van der Waals surface area contributed by atoms with Gasteiger partial charge in [0.1, 0.15) is 18.1 Å². The van der Waals surface area contributed by atoms with Gasteiger partial charge in [0.15, 0.2) is 0 Å². The summed E-state index contributed by atoms with van der Waals surface area (Å²) >= 11 is 0. The van der Waals surface area contributed by atoms with E-state index in [4.69, 9.17) is 20.6 Å².